The summed E-state index contributed by atoms with van der Waals surface area (Å²) in [5, 5.41) is 2.77. The molecule has 1 aromatic carbocycles. The minimum absolute atomic E-state index is 0.259. The van der Waals surface area contributed by atoms with Gasteiger partial charge in [-0.15, -0.1) is 0 Å². The van der Waals surface area contributed by atoms with Gasteiger partial charge in [0.15, 0.2) is 11.5 Å². The summed E-state index contributed by atoms with van der Waals surface area (Å²) in [7, 11) is 5.26. The monoisotopic (exact) mass is 383 g/mol. The number of likely N-dealkylation sites (N-methyl/N-ethyl adjacent to an activating group) is 1. The van der Waals surface area contributed by atoms with Gasteiger partial charge in [0.1, 0.15) is 0 Å². The topological polar surface area (TPSA) is 79.8 Å². The molecule has 148 valence electrons. The van der Waals surface area contributed by atoms with Gasteiger partial charge in [0.05, 0.1) is 32.3 Å². The van der Waals surface area contributed by atoms with Crippen molar-refractivity contribution in [1.29, 1.82) is 0 Å². The van der Waals surface area contributed by atoms with Crippen LogP contribution in [0, 0.1) is 0 Å². The maximum atomic E-state index is 12.2. The van der Waals surface area contributed by atoms with Crippen molar-refractivity contribution >= 4 is 23.6 Å². The Kier molecular flexibility index (Phi) is 6.44. The van der Waals surface area contributed by atoms with E-state index in [9.17, 15) is 4.79 Å². The molecular formula is C20H25N5O3. The van der Waals surface area contributed by atoms with Gasteiger partial charge in [-0.1, -0.05) is 6.07 Å². The van der Waals surface area contributed by atoms with Gasteiger partial charge in [-0.05, 0) is 30.8 Å². The van der Waals surface area contributed by atoms with Gasteiger partial charge in [-0.25, -0.2) is 9.97 Å². The second-order valence-corrected chi connectivity index (χ2v) is 6.50. The Morgan fingerprint density at radius 2 is 1.75 bits per heavy atom. The average Bonchev–Trinajstić information content (AvgIpc) is 2.73. The number of piperazine rings is 1. The molecular weight excluding hydrogens is 358 g/mol. The molecule has 0 spiro atoms. The molecule has 1 aromatic heterocycles. The molecule has 28 heavy (non-hydrogen) atoms. The van der Waals surface area contributed by atoms with Crippen LogP contribution in [-0.4, -0.2) is 68.2 Å². The van der Waals surface area contributed by atoms with E-state index in [0.717, 1.165) is 31.7 Å². The van der Waals surface area contributed by atoms with Gasteiger partial charge in [-0.3, -0.25) is 4.79 Å². The molecule has 1 aliphatic heterocycles. The lowest BCUT2D eigenvalue weighted by Gasteiger charge is -2.32. The highest BCUT2D eigenvalue weighted by Gasteiger charge is 2.16. The molecule has 2 heterocycles. The summed E-state index contributed by atoms with van der Waals surface area (Å²) >= 11 is 0. The minimum atomic E-state index is -0.259. The molecule has 0 saturated carbocycles. The van der Waals surface area contributed by atoms with Crippen LogP contribution in [0.5, 0.6) is 11.5 Å². The molecule has 8 nitrogen and oxygen atoms in total. The molecule has 1 amide bonds. The highest BCUT2D eigenvalue weighted by molar-refractivity contribution is 6.01. The summed E-state index contributed by atoms with van der Waals surface area (Å²) in [6.45, 7) is 3.78. The van der Waals surface area contributed by atoms with Crippen LogP contribution in [0.25, 0.3) is 6.08 Å². The van der Waals surface area contributed by atoms with Gasteiger partial charge in [0, 0.05) is 32.3 Å². The average molecular weight is 383 g/mol. The Morgan fingerprint density at radius 3 is 2.39 bits per heavy atom. The number of rotatable bonds is 6. The standard InChI is InChI=1S/C20H25N5O3/c1-24-8-10-25(11-9-24)20-21-13-16(14-22-20)23-19(26)7-5-15-4-6-17(27-2)18(12-15)28-3/h4-7,12-14H,8-11H2,1-3H3,(H,23,26)/b7-5+. The van der Waals surface area contributed by atoms with Crippen LogP contribution in [0.15, 0.2) is 36.7 Å². The van der Waals surface area contributed by atoms with Crippen LogP contribution in [0.4, 0.5) is 11.6 Å². The van der Waals surface area contributed by atoms with Gasteiger partial charge < -0.3 is 24.6 Å². The Labute approximate surface area is 164 Å². The molecule has 0 aliphatic carbocycles. The first-order valence-electron chi connectivity index (χ1n) is 9.05. The van der Waals surface area contributed by atoms with Crippen LogP contribution in [0.2, 0.25) is 0 Å². The summed E-state index contributed by atoms with van der Waals surface area (Å²) in [6.07, 6.45) is 6.41. The Balaban J connectivity index is 1.58. The van der Waals surface area contributed by atoms with E-state index in [4.69, 9.17) is 9.47 Å². The molecule has 8 heteroatoms. The third kappa shape index (κ3) is 4.98. The number of hydrogen-bond acceptors (Lipinski definition) is 7. The number of hydrogen-bond donors (Lipinski definition) is 1. The molecule has 2 aromatic rings. The van der Waals surface area contributed by atoms with E-state index in [-0.39, 0.29) is 5.91 Å². The minimum Gasteiger partial charge on any atom is -0.493 e. The predicted molar refractivity (Wildman–Crippen MR) is 109 cm³/mol. The summed E-state index contributed by atoms with van der Waals surface area (Å²) in [5.41, 5.74) is 1.38. The third-order valence-corrected chi connectivity index (χ3v) is 4.53. The SMILES string of the molecule is COc1ccc(/C=C/C(=O)Nc2cnc(N3CCN(C)CC3)nc2)cc1OC. The fourth-order valence-electron chi connectivity index (χ4n) is 2.87. The van der Waals surface area contributed by atoms with Crippen molar-refractivity contribution in [1.82, 2.24) is 14.9 Å². The second kappa shape index (κ2) is 9.18. The van der Waals surface area contributed by atoms with Crippen molar-refractivity contribution < 1.29 is 14.3 Å². The van der Waals surface area contributed by atoms with E-state index in [0.29, 0.717) is 23.1 Å². The zero-order valence-corrected chi connectivity index (χ0v) is 16.4. The number of ether oxygens (including phenoxy) is 2. The first-order valence-corrected chi connectivity index (χ1v) is 9.05. The van der Waals surface area contributed by atoms with Crippen LogP contribution >= 0.6 is 0 Å². The molecule has 1 N–H and O–H groups in total. The van der Waals surface area contributed by atoms with Crippen molar-refractivity contribution in [3.8, 4) is 11.5 Å². The smallest absolute Gasteiger partial charge is 0.248 e. The maximum Gasteiger partial charge on any atom is 0.248 e. The van der Waals surface area contributed by atoms with Gasteiger partial charge in [-0.2, -0.15) is 0 Å². The largest absolute Gasteiger partial charge is 0.493 e. The molecule has 0 radical (unpaired) electrons. The zero-order valence-electron chi connectivity index (χ0n) is 16.4. The number of carbonyl (C=O) groups is 1. The van der Waals surface area contributed by atoms with Crippen molar-refractivity contribution in [3.63, 3.8) is 0 Å². The first-order chi connectivity index (χ1) is 13.6. The van der Waals surface area contributed by atoms with Crippen LogP contribution < -0.4 is 19.7 Å². The predicted octanol–water partition coefficient (Wildman–Crippen LogP) is 1.90. The van der Waals surface area contributed by atoms with E-state index in [1.165, 1.54) is 6.08 Å². The molecule has 1 saturated heterocycles. The number of nitrogens with zero attached hydrogens (tertiary/aromatic N) is 4. The summed E-state index contributed by atoms with van der Waals surface area (Å²) < 4.78 is 10.5. The summed E-state index contributed by atoms with van der Waals surface area (Å²) in [5.74, 6) is 1.68. The van der Waals surface area contributed by atoms with E-state index < -0.39 is 0 Å². The molecule has 0 atom stereocenters. The lowest BCUT2D eigenvalue weighted by molar-refractivity contribution is -0.111. The zero-order chi connectivity index (χ0) is 19.9. The second-order valence-electron chi connectivity index (χ2n) is 6.50. The number of aromatic nitrogens is 2. The lowest BCUT2D eigenvalue weighted by atomic mass is 10.2. The number of amides is 1. The van der Waals surface area contributed by atoms with E-state index in [1.807, 2.05) is 6.07 Å². The van der Waals surface area contributed by atoms with Crippen molar-refractivity contribution in [2.75, 3.05) is 57.7 Å². The van der Waals surface area contributed by atoms with Gasteiger partial charge in [0.25, 0.3) is 0 Å². The van der Waals surface area contributed by atoms with E-state index >= 15 is 0 Å². The number of methoxy groups -OCH3 is 2. The fraction of sp³-hybridized carbons (Fsp3) is 0.350. The molecule has 3 rings (SSSR count). The maximum absolute atomic E-state index is 12.2. The molecule has 0 bridgehead atoms. The van der Waals surface area contributed by atoms with Gasteiger partial charge in [0.2, 0.25) is 11.9 Å². The van der Waals surface area contributed by atoms with Crippen molar-refractivity contribution in [2.45, 2.75) is 0 Å². The summed E-state index contributed by atoms with van der Waals surface area (Å²) in [4.78, 5) is 25.3. The van der Waals surface area contributed by atoms with Crippen molar-refractivity contribution in [2.24, 2.45) is 0 Å². The quantitative estimate of drug-likeness (QED) is 0.763. The summed E-state index contributed by atoms with van der Waals surface area (Å²) in [6, 6.07) is 5.44. The number of nitrogens with one attached hydrogen (secondary N) is 1. The molecule has 1 fully saturated rings. The van der Waals surface area contributed by atoms with Crippen molar-refractivity contribution in [3.05, 3.63) is 42.2 Å². The Bertz CT molecular complexity index is 830. The van der Waals surface area contributed by atoms with Crippen LogP contribution in [-0.2, 0) is 4.79 Å². The number of benzene rings is 1. The Morgan fingerprint density at radius 1 is 1.07 bits per heavy atom. The molecule has 0 unspecified atom stereocenters. The number of anilines is 2. The van der Waals surface area contributed by atoms with E-state index in [1.54, 1.807) is 44.8 Å². The first kappa shape index (κ1) is 19.6. The fourth-order valence-corrected chi connectivity index (χ4v) is 2.87. The van der Waals surface area contributed by atoms with Crippen LogP contribution in [0.1, 0.15) is 5.56 Å². The van der Waals surface area contributed by atoms with Crippen LogP contribution in [0.3, 0.4) is 0 Å². The van der Waals surface area contributed by atoms with Gasteiger partial charge >= 0.3 is 0 Å². The number of carbonyl (C=O) groups excluding carboxylic acids is 1. The molecule has 1 aliphatic rings. The third-order valence-electron chi connectivity index (χ3n) is 4.53. The normalized spacial score (nSPS) is 14.9. The van der Waals surface area contributed by atoms with E-state index in [2.05, 4.69) is 32.1 Å². The lowest BCUT2D eigenvalue weighted by Crippen LogP contribution is -2.45. The highest BCUT2D eigenvalue weighted by Crippen LogP contribution is 2.28. The Hall–Kier alpha value is -3.13. The highest BCUT2D eigenvalue weighted by atomic mass is 16.5.